The molecule has 3 aliphatic rings. The highest BCUT2D eigenvalue weighted by atomic mass is 32.2. The van der Waals surface area contributed by atoms with Crippen LogP contribution in [0.5, 0.6) is 5.75 Å². The smallest absolute Gasteiger partial charge is 0.405 e. The molecule has 0 amide bonds. The molecule has 1 aliphatic carbocycles. The van der Waals surface area contributed by atoms with Crippen LogP contribution in [0.25, 0.3) is 17.5 Å². The Morgan fingerprint density at radius 2 is 1.95 bits per heavy atom. The minimum absolute atomic E-state index is 0.0933. The Labute approximate surface area is 213 Å². The first-order valence-corrected chi connectivity index (χ1v) is 13.8. The van der Waals surface area contributed by atoms with Crippen molar-refractivity contribution < 1.29 is 31.1 Å². The zero-order valence-electron chi connectivity index (χ0n) is 20.9. The molecule has 0 unspecified atom stereocenters. The SMILES string of the molecule is C[C@@H]1COC[C@H]2COc3c(nc(-c4c(NCC(F)(F)F)cnc5c4C=CC5)nc3C(C)(C)S(C)(=O)=O)N21. The van der Waals surface area contributed by atoms with Crippen molar-refractivity contribution in [2.24, 2.45) is 0 Å². The Morgan fingerprint density at radius 3 is 2.65 bits per heavy atom. The molecule has 0 radical (unpaired) electrons. The summed E-state index contributed by atoms with van der Waals surface area (Å²) < 4.78 is 75.4. The van der Waals surface area contributed by atoms with Gasteiger partial charge in [-0.1, -0.05) is 12.2 Å². The normalized spacial score (nSPS) is 21.2. The lowest BCUT2D eigenvalue weighted by Crippen LogP contribution is -2.56. The molecule has 4 heterocycles. The first-order valence-electron chi connectivity index (χ1n) is 11.9. The number of nitrogens with zero attached hydrogens (tertiary/aromatic N) is 4. The zero-order valence-corrected chi connectivity index (χ0v) is 21.7. The second kappa shape index (κ2) is 8.83. The van der Waals surface area contributed by atoms with Crippen LogP contribution in [0.2, 0.25) is 0 Å². The second-order valence-corrected chi connectivity index (χ2v) is 12.6. The van der Waals surface area contributed by atoms with Gasteiger partial charge in [0.1, 0.15) is 23.6 Å². The molecule has 200 valence electrons. The van der Waals surface area contributed by atoms with Crippen molar-refractivity contribution in [1.82, 2.24) is 15.0 Å². The molecule has 9 nitrogen and oxygen atoms in total. The minimum Gasteiger partial charge on any atom is -0.486 e. The molecule has 2 atom stereocenters. The van der Waals surface area contributed by atoms with Crippen LogP contribution in [0.1, 0.15) is 37.7 Å². The first kappa shape index (κ1) is 25.7. The number of fused-ring (bicyclic) bond motifs is 4. The summed E-state index contributed by atoms with van der Waals surface area (Å²) in [4.78, 5) is 15.9. The number of aromatic nitrogens is 3. The molecule has 5 rings (SSSR count). The third-order valence-electron chi connectivity index (χ3n) is 7.04. The monoisotopic (exact) mass is 539 g/mol. The number of nitrogens with one attached hydrogen (secondary N) is 1. The molecule has 1 N–H and O–H groups in total. The Hall–Kier alpha value is -2.93. The zero-order chi connectivity index (χ0) is 26.8. The van der Waals surface area contributed by atoms with Gasteiger partial charge >= 0.3 is 6.18 Å². The number of hydrogen-bond acceptors (Lipinski definition) is 9. The Morgan fingerprint density at radius 1 is 1.19 bits per heavy atom. The van der Waals surface area contributed by atoms with E-state index >= 15 is 0 Å². The summed E-state index contributed by atoms with van der Waals surface area (Å²) in [5.41, 5.74) is 1.86. The van der Waals surface area contributed by atoms with Crippen LogP contribution in [0.15, 0.2) is 12.3 Å². The number of sulfone groups is 1. The average molecular weight is 540 g/mol. The Bertz CT molecular complexity index is 1380. The van der Waals surface area contributed by atoms with Crippen LogP contribution >= 0.6 is 0 Å². The van der Waals surface area contributed by atoms with Crippen molar-refractivity contribution in [3.05, 3.63) is 29.2 Å². The first-order chi connectivity index (χ1) is 17.3. The molecule has 2 aromatic rings. The number of morpholine rings is 1. The molecular formula is C24H28F3N5O4S. The van der Waals surface area contributed by atoms with Gasteiger partial charge in [0.05, 0.1) is 48.4 Å². The van der Waals surface area contributed by atoms with E-state index in [1.54, 1.807) is 6.08 Å². The summed E-state index contributed by atoms with van der Waals surface area (Å²) in [5.74, 6) is 0.761. The van der Waals surface area contributed by atoms with Crippen molar-refractivity contribution in [3.8, 4) is 17.1 Å². The number of halogens is 3. The largest absolute Gasteiger partial charge is 0.486 e. The van der Waals surface area contributed by atoms with E-state index in [-0.39, 0.29) is 41.6 Å². The maximum atomic E-state index is 13.1. The molecule has 2 aliphatic heterocycles. The van der Waals surface area contributed by atoms with Crippen LogP contribution < -0.4 is 15.0 Å². The lowest BCUT2D eigenvalue weighted by molar-refractivity contribution is -0.115. The van der Waals surface area contributed by atoms with E-state index in [0.29, 0.717) is 42.3 Å². The summed E-state index contributed by atoms with van der Waals surface area (Å²) in [6.07, 6.45) is 2.15. The van der Waals surface area contributed by atoms with Crippen molar-refractivity contribution >= 4 is 27.4 Å². The summed E-state index contributed by atoms with van der Waals surface area (Å²) in [7, 11) is -3.69. The van der Waals surface area contributed by atoms with Gasteiger partial charge in [-0.05, 0) is 20.8 Å². The van der Waals surface area contributed by atoms with E-state index in [2.05, 4.69) is 15.3 Å². The number of anilines is 2. The number of hydrogen-bond donors (Lipinski definition) is 1. The molecule has 0 bridgehead atoms. The standard InChI is InChI=1S/C24H28F3N5O4S/c1-13-9-35-10-14-11-36-19-20(23(2,3)37(4,33)34)30-21(31-22(19)32(13)14)18-15-6-5-7-16(15)28-8-17(18)29-12-24(25,26)27/h5-6,8,13-14,29H,7,9-12H2,1-4H3/t13-,14+/m1/s1. The van der Waals surface area contributed by atoms with Gasteiger partial charge in [0.15, 0.2) is 27.2 Å². The lowest BCUT2D eigenvalue weighted by atomic mass is 10.0. The molecule has 0 spiro atoms. The third kappa shape index (κ3) is 4.52. The molecule has 1 saturated heterocycles. The average Bonchev–Trinajstić information content (AvgIpc) is 3.29. The van der Waals surface area contributed by atoms with E-state index in [0.717, 1.165) is 6.26 Å². The topological polar surface area (TPSA) is 107 Å². The minimum atomic E-state index is -4.46. The van der Waals surface area contributed by atoms with Crippen molar-refractivity contribution in [2.75, 3.05) is 42.8 Å². The third-order valence-corrected chi connectivity index (χ3v) is 9.09. The maximum absolute atomic E-state index is 13.1. The van der Waals surface area contributed by atoms with Crippen LogP contribution in [-0.4, -0.2) is 74.3 Å². The van der Waals surface area contributed by atoms with Crippen LogP contribution in [-0.2, 0) is 25.7 Å². The highest BCUT2D eigenvalue weighted by Crippen LogP contribution is 2.46. The fourth-order valence-corrected chi connectivity index (χ4v) is 5.28. The van der Waals surface area contributed by atoms with Crippen LogP contribution in [0, 0.1) is 0 Å². The number of pyridine rings is 1. The Balaban J connectivity index is 1.78. The number of ether oxygens (including phenoxy) is 2. The molecule has 0 saturated carbocycles. The predicted molar refractivity (Wildman–Crippen MR) is 132 cm³/mol. The van der Waals surface area contributed by atoms with E-state index in [9.17, 15) is 21.6 Å². The van der Waals surface area contributed by atoms with Crippen LogP contribution in [0.4, 0.5) is 24.7 Å². The van der Waals surface area contributed by atoms with E-state index in [1.807, 2.05) is 17.9 Å². The molecule has 13 heteroatoms. The van der Waals surface area contributed by atoms with E-state index in [4.69, 9.17) is 14.5 Å². The fourth-order valence-electron chi connectivity index (χ4n) is 4.79. The molecule has 37 heavy (non-hydrogen) atoms. The van der Waals surface area contributed by atoms with Gasteiger partial charge in [0.25, 0.3) is 0 Å². The van der Waals surface area contributed by atoms with Crippen molar-refractivity contribution in [3.63, 3.8) is 0 Å². The van der Waals surface area contributed by atoms with E-state index < -0.39 is 27.3 Å². The number of alkyl halides is 3. The van der Waals surface area contributed by atoms with Crippen molar-refractivity contribution in [2.45, 2.75) is 50.2 Å². The van der Waals surface area contributed by atoms with Gasteiger partial charge in [-0.2, -0.15) is 13.2 Å². The summed E-state index contributed by atoms with van der Waals surface area (Å²) in [6, 6.07) is -0.247. The summed E-state index contributed by atoms with van der Waals surface area (Å²) >= 11 is 0. The maximum Gasteiger partial charge on any atom is 0.405 e. The van der Waals surface area contributed by atoms with Gasteiger partial charge in [-0.15, -0.1) is 0 Å². The van der Waals surface area contributed by atoms with Gasteiger partial charge in [0.2, 0.25) is 0 Å². The molecule has 1 fully saturated rings. The van der Waals surface area contributed by atoms with Crippen molar-refractivity contribution in [1.29, 1.82) is 0 Å². The fraction of sp³-hybridized carbons (Fsp3) is 0.542. The van der Waals surface area contributed by atoms with Gasteiger partial charge in [-0.25, -0.2) is 18.4 Å². The number of allylic oxidation sites excluding steroid dienone is 1. The van der Waals surface area contributed by atoms with E-state index in [1.165, 1.54) is 20.0 Å². The highest BCUT2D eigenvalue weighted by molar-refractivity contribution is 7.91. The Kier molecular flexibility index (Phi) is 6.13. The lowest BCUT2D eigenvalue weighted by Gasteiger charge is -2.45. The quantitative estimate of drug-likeness (QED) is 0.612. The van der Waals surface area contributed by atoms with Gasteiger partial charge < -0.3 is 19.7 Å². The number of rotatable bonds is 5. The van der Waals surface area contributed by atoms with Crippen LogP contribution in [0.3, 0.4) is 0 Å². The van der Waals surface area contributed by atoms with Gasteiger partial charge in [-0.3, -0.25) is 4.98 Å². The summed E-state index contributed by atoms with van der Waals surface area (Å²) in [6.45, 7) is 4.86. The predicted octanol–water partition coefficient (Wildman–Crippen LogP) is 3.35. The van der Waals surface area contributed by atoms with Gasteiger partial charge in [0, 0.05) is 18.2 Å². The summed E-state index contributed by atoms with van der Waals surface area (Å²) in [5, 5.41) is 2.43. The highest BCUT2D eigenvalue weighted by Gasteiger charge is 2.44. The molecular weight excluding hydrogens is 511 g/mol. The molecule has 2 aromatic heterocycles. The molecule has 0 aromatic carbocycles. The second-order valence-electron chi connectivity index (χ2n) is 10.1.